The summed E-state index contributed by atoms with van der Waals surface area (Å²) in [5, 5.41) is 10.6. The van der Waals surface area contributed by atoms with Gasteiger partial charge in [0.25, 0.3) is 0 Å². The van der Waals surface area contributed by atoms with Crippen LogP contribution in [0.5, 0.6) is 5.75 Å². The summed E-state index contributed by atoms with van der Waals surface area (Å²) in [6.45, 7) is 1.30. The van der Waals surface area contributed by atoms with Gasteiger partial charge in [-0.15, -0.1) is 0 Å². The van der Waals surface area contributed by atoms with Gasteiger partial charge in [-0.05, 0) is 18.2 Å². The summed E-state index contributed by atoms with van der Waals surface area (Å²) in [5.41, 5.74) is 1.07. The molecule has 1 N–H and O–H groups in total. The van der Waals surface area contributed by atoms with Crippen LogP contribution in [0.4, 0.5) is 5.88 Å². The van der Waals surface area contributed by atoms with E-state index in [0.29, 0.717) is 22.6 Å². The molecule has 8 heteroatoms. The third-order valence-electron chi connectivity index (χ3n) is 2.74. The number of furan rings is 1. The van der Waals surface area contributed by atoms with Gasteiger partial charge in [0.1, 0.15) is 10.4 Å². The van der Waals surface area contributed by atoms with Gasteiger partial charge in [0, 0.05) is 6.92 Å². The van der Waals surface area contributed by atoms with E-state index in [9.17, 15) is 14.9 Å². The molecule has 2 aromatic heterocycles. The normalized spacial score (nSPS) is 10.7. The van der Waals surface area contributed by atoms with E-state index in [1.54, 1.807) is 18.2 Å². The Balaban J connectivity index is 2.07. The largest absolute Gasteiger partial charge is 0.433 e. The molecule has 0 spiro atoms. The van der Waals surface area contributed by atoms with Gasteiger partial charge in [-0.25, -0.2) is 4.98 Å². The number of aromatic nitrogens is 2. The SMILES string of the molecule is CC(=O)Oc1cccc2nc(-c3ccc([N+](=O)[O-])o3)[nH]c12. The van der Waals surface area contributed by atoms with Crippen LogP contribution < -0.4 is 4.74 Å². The Kier molecular flexibility index (Phi) is 2.90. The maximum atomic E-state index is 11.1. The van der Waals surface area contributed by atoms with Gasteiger partial charge in [-0.2, -0.15) is 0 Å². The monoisotopic (exact) mass is 287 g/mol. The molecular formula is C13H9N3O5. The summed E-state index contributed by atoms with van der Waals surface area (Å²) in [6.07, 6.45) is 0. The number of carbonyl (C=O) groups is 1. The summed E-state index contributed by atoms with van der Waals surface area (Å²) in [6, 6.07) is 7.72. The molecule has 0 saturated heterocycles. The van der Waals surface area contributed by atoms with E-state index >= 15 is 0 Å². The van der Waals surface area contributed by atoms with Crippen molar-refractivity contribution in [3.8, 4) is 17.3 Å². The predicted octanol–water partition coefficient (Wildman–Crippen LogP) is 2.66. The zero-order valence-electron chi connectivity index (χ0n) is 10.8. The van der Waals surface area contributed by atoms with Crippen LogP contribution in [-0.2, 0) is 4.79 Å². The number of hydrogen-bond donors (Lipinski definition) is 1. The zero-order chi connectivity index (χ0) is 15.0. The van der Waals surface area contributed by atoms with Gasteiger partial charge in [0.15, 0.2) is 17.3 Å². The Morgan fingerprint density at radius 3 is 2.86 bits per heavy atom. The molecule has 21 heavy (non-hydrogen) atoms. The molecule has 0 aliphatic heterocycles. The van der Waals surface area contributed by atoms with Gasteiger partial charge < -0.3 is 14.1 Å². The number of nitro groups is 1. The van der Waals surface area contributed by atoms with E-state index in [2.05, 4.69) is 9.97 Å². The second-order valence-electron chi connectivity index (χ2n) is 4.22. The minimum atomic E-state index is -0.629. The number of ether oxygens (including phenoxy) is 1. The number of aromatic amines is 1. The van der Waals surface area contributed by atoms with E-state index in [1.165, 1.54) is 19.1 Å². The summed E-state index contributed by atoms with van der Waals surface area (Å²) in [4.78, 5) is 28.2. The number of H-pyrrole nitrogens is 1. The summed E-state index contributed by atoms with van der Waals surface area (Å²) >= 11 is 0. The second kappa shape index (κ2) is 4.75. The third kappa shape index (κ3) is 2.34. The highest BCUT2D eigenvalue weighted by molar-refractivity contribution is 5.86. The van der Waals surface area contributed by atoms with Crippen LogP contribution >= 0.6 is 0 Å². The molecule has 0 saturated carbocycles. The van der Waals surface area contributed by atoms with Crippen LogP contribution in [0, 0.1) is 10.1 Å². The molecule has 0 amide bonds. The summed E-state index contributed by atoms with van der Waals surface area (Å²) in [5.74, 6) is 0.0575. The number of carbonyl (C=O) groups excluding carboxylic acids is 1. The lowest BCUT2D eigenvalue weighted by atomic mass is 10.3. The first-order chi connectivity index (χ1) is 10.0. The molecular weight excluding hydrogens is 278 g/mol. The number of rotatable bonds is 3. The minimum absolute atomic E-state index is 0.228. The van der Waals surface area contributed by atoms with E-state index in [0.717, 1.165) is 0 Å². The maximum Gasteiger partial charge on any atom is 0.433 e. The Morgan fingerprint density at radius 2 is 2.19 bits per heavy atom. The Labute approximate surface area is 117 Å². The van der Waals surface area contributed by atoms with Crippen molar-refractivity contribution in [3.63, 3.8) is 0 Å². The highest BCUT2D eigenvalue weighted by Crippen LogP contribution is 2.29. The summed E-state index contributed by atoms with van der Waals surface area (Å²) < 4.78 is 10.2. The fraction of sp³-hybridized carbons (Fsp3) is 0.0769. The second-order valence-corrected chi connectivity index (χ2v) is 4.22. The van der Waals surface area contributed by atoms with Crippen LogP contribution in [-0.4, -0.2) is 20.9 Å². The van der Waals surface area contributed by atoms with Crippen molar-refractivity contribution in [2.24, 2.45) is 0 Å². The maximum absolute atomic E-state index is 11.1. The van der Waals surface area contributed by atoms with Crippen LogP contribution in [0.25, 0.3) is 22.6 Å². The van der Waals surface area contributed by atoms with Crippen LogP contribution in [0.15, 0.2) is 34.7 Å². The number of nitrogens with zero attached hydrogens (tertiary/aromatic N) is 2. The number of hydrogen-bond acceptors (Lipinski definition) is 6. The molecule has 1 aromatic carbocycles. The highest BCUT2D eigenvalue weighted by atomic mass is 16.6. The molecule has 3 rings (SSSR count). The first-order valence-electron chi connectivity index (χ1n) is 5.96. The van der Waals surface area contributed by atoms with Crippen molar-refractivity contribution < 1.29 is 18.9 Å². The van der Waals surface area contributed by atoms with E-state index in [4.69, 9.17) is 9.15 Å². The van der Waals surface area contributed by atoms with Crippen LogP contribution in [0.3, 0.4) is 0 Å². The molecule has 0 atom stereocenters. The number of esters is 1. The first-order valence-corrected chi connectivity index (χ1v) is 5.96. The number of nitrogens with one attached hydrogen (secondary N) is 1. The van der Waals surface area contributed by atoms with E-state index in [-0.39, 0.29) is 11.6 Å². The number of imidazole rings is 1. The molecule has 0 fully saturated rings. The molecule has 8 nitrogen and oxygen atoms in total. The average molecular weight is 287 g/mol. The third-order valence-corrected chi connectivity index (χ3v) is 2.74. The quantitative estimate of drug-likeness (QED) is 0.343. The smallest absolute Gasteiger partial charge is 0.424 e. The van der Waals surface area contributed by atoms with E-state index < -0.39 is 10.9 Å². The predicted molar refractivity (Wildman–Crippen MR) is 71.8 cm³/mol. The number of fused-ring (bicyclic) bond motifs is 1. The average Bonchev–Trinajstić information content (AvgIpc) is 3.05. The van der Waals surface area contributed by atoms with Crippen molar-refractivity contribution in [2.75, 3.05) is 0 Å². The van der Waals surface area contributed by atoms with Crippen molar-refractivity contribution in [1.29, 1.82) is 0 Å². The lowest BCUT2D eigenvalue weighted by molar-refractivity contribution is -0.401. The van der Waals surface area contributed by atoms with Gasteiger partial charge in [-0.1, -0.05) is 6.07 Å². The minimum Gasteiger partial charge on any atom is -0.424 e. The van der Waals surface area contributed by atoms with Gasteiger partial charge in [-0.3, -0.25) is 14.9 Å². The summed E-state index contributed by atoms with van der Waals surface area (Å²) in [7, 11) is 0. The molecule has 3 aromatic rings. The molecule has 0 aliphatic rings. The van der Waals surface area contributed by atoms with Crippen molar-refractivity contribution in [3.05, 3.63) is 40.4 Å². The Bertz CT molecular complexity index is 848. The number of benzene rings is 1. The molecule has 0 unspecified atom stereocenters. The topological polar surface area (TPSA) is 111 Å². The highest BCUT2D eigenvalue weighted by Gasteiger charge is 2.17. The Morgan fingerprint density at radius 1 is 1.38 bits per heavy atom. The fourth-order valence-electron chi connectivity index (χ4n) is 1.91. The van der Waals surface area contributed by atoms with Crippen LogP contribution in [0.1, 0.15) is 6.92 Å². The molecule has 106 valence electrons. The van der Waals surface area contributed by atoms with Gasteiger partial charge in [0.05, 0.1) is 11.6 Å². The molecule has 0 aliphatic carbocycles. The molecule has 0 bridgehead atoms. The first kappa shape index (κ1) is 12.9. The van der Waals surface area contributed by atoms with Crippen molar-refractivity contribution >= 4 is 22.9 Å². The van der Waals surface area contributed by atoms with Crippen molar-refractivity contribution in [1.82, 2.24) is 9.97 Å². The standard InChI is InChI=1S/C13H9N3O5/c1-7(17)20-9-4-2-3-8-12(9)15-13(14-8)10-5-6-11(21-10)16(18)19/h2-6H,1H3,(H,14,15). The zero-order valence-corrected chi connectivity index (χ0v) is 10.8. The van der Waals surface area contributed by atoms with E-state index in [1.807, 2.05) is 0 Å². The van der Waals surface area contributed by atoms with Crippen molar-refractivity contribution in [2.45, 2.75) is 6.92 Å². The van der Waals surface area contributed by atoms with Gasteiger partial charge in [0.2, 0.25) is 0 Å². The Hall–Kier alpha value is -3.16. The molecule has 0 radical (unpaired) electrons. The molecule has 2 heterocycles. The lowest BCUT2D eigenvalue weighted by Crippen LogP contribution is -2.01. The van der Waals surface area contributed by atoms with Crippen LogP contribution in [0.2, 0.25) is 0 Å². The van der Waals surface area contributed by atoms with Gasteiger partial charge >= 0.3 is 11.9 Å². The lowest BCUT2D eigenvalue weighted by Gasteiger charge is -2.00. The number of para-hydroxylation sites is 1. The fourth-order valence-corrected chi connectivity index (χ4v) is 1.91.